The number of aryl methyl sites for hydroxylation is 1. The van der Waals surface area contributed by atoms with E-state index in [2.05, 4.69) is 31.3 Å². The van der Waals surface area contributed by atoms with Gasteiger partial charge in [0.15, 0.2) is 0 Å². The Morgan fingerprint density at radius 3 is 2.64 bits per heavy atom. The van der Waals surface area contributed by atoms with E-state index in [0.717, 1.165) is 6.42 Å². The van der Waals surface area contributed by atoms with Crippen molar-refractivity contribution in [3.05, 3.63) is 35.4 Å². The minimum absolute atomic E-state index is 0.000553. The molecule has 0 saturated carbocycles. The number of nitrogens with one attached hydrogen (secondary N) is 1. The molecule has 1 aromatic rings. The van der Waals surface area contributed by atoms with Crippen molar-refractivity contribution in [1.82, 2.24) is 15.1 Å². The van der Waals surface area contributed by atoms with Crippen LogP contribution < -0.4 is 5.32 Å². The van der Waals surface area contributed by atoms with Crippen LogP contribution in [0.3, 0.4) is 0 Å². The number of rotatable bonds is 6. The molecule has 0 unspecified atom stereocenters. The first-order chi connectivity index (χ1) is 11.8. The van der Waals surface area contributed by atoms with Crippen molar-refractivity contribution in [3.8, 4) is 0 Å². The first kappa shape index (κ1) is 19.6. The third-order valence-corrected chi connectivity index (χ3v) is 6.02. The van der Waals surface area contributed by atoms with E-state index < -0.39 is 0 Å². The van der Waals surface area contributed by atoms with Crippen LogP contribution in [0.25, 0.3) is 0 Å². The van der Waals surface area contributed by atoms with Crippen molar-refractivity contribution in [1.29, 1.82) is 0 Å². The summed E-state index contributed by atoms with van der Waals surface area (Å²) in [6.45, 7) is 9.07. The zero-order valence-corrected chi connectivity index (χ0v) is 16.6. The van der Waals surface area contributed by atoms with Gasteiger partial charge in [-0.3, -0.25) is 4.79 Å². The second kappa shape index (κ2) is 8.61. The van der Waals surface area contributed by atoms with Gasteiger partial charge >= 0.3 is 6.03 Å². The summed E-state index contributed by atoms with van der Waals surface area (Å²) in [6.07, 6.45) is 0.825. The Balaban J connectivity index is 2.11. The second-order valence-electron chi connectivity index (χ2n) is 6.80. The average molecular weight is 364 g/mol. The standard InChI is InChI=1S/C19H29N3O2S/c1-6-16-17(23)22(12-11-21(5)19(24)20-13(2)3)18(25-16)15-10-8-7-9-14(15)4/h7-10,13,16,18H,6,11-12H2,1-5H3,(H,20,24)/t16-,18-/m1/s1. The lowest BCUT2D eigenvalue weighted by Gasteiger charge is -2.28. The fourth-order valence-electron chi connectivity index (χ4n) is 2.91. The predicted molar refractivity (Wildman–Crippen MR) is 104 cm³/mol. The molecule has 2 atom stereocenters. The molecule has 0 bridgehead atoms. The number of nitrogens with zero attached hydrogens (tertiary/aromatic N) is 2. The SMILES string of the molecule is CC[C@H]1S[C@H](c2ccccc2C)N(CCN(C)C(=O)NC(C)C)C1=O. The van der Waals surface area contributed by atoms with Crippen molar-refractivity contribution < 1.29 is 9.59 Å². The Hall–Kier alpha value is -1.69. The summed E-state index contributed by atoms with van der Waals surface area (Å²) in [5.41, 5.74) is 2.38. The lowest BCUT2D eigenvalue weighted by Crippen LogP contribution is -2.44. The lowest BCUT2D eigenvalue weighted by molar-refractivity contribution is -0.130. The minimum Gasteiger partial charge on any atom is -0.336 e. The Labute approximate surface area is 155 Å². The van der Waals surface area contributed by atoms with Crippen molar-refractivity contribution in [2.45, 2.75) is 50.8 Å². The highest BCUT2D eigenvalue weighted by atomic mass is 32.2. The van der Waals surface area contributed by atoms with Gasteiger partial charge in [0.1, 0.15) is 5.37 Å². The molecule has 5 nitrogen and oxygen atoms in total. The van der Waals surface area contributed by atoms with Crippen molar-refractivity contribution >= 4 is 23.7 Å². The number of carbonyl (C=O) groups excluding carboxylic acids is 2. The van der Waals surface area contributed by atoms with Gasteiger partial charge in [-0.15, -0.1) is 11.8 Å². The highest BCUT2D eigenvalue weighted by molar-refractivity contribution is 8.01. The number of carbonyl (C=O) groups is 2. The summed E-state index contributed by atoms with van der Waals surface area (Å²) >= 11 is 1.72. The summed E-state index contributed by atoms with van der Waals surface area (Å²) in [5, 5.41) is 2.91. The van der Waals surface area contributed by atoms with E-state index in [1.165, 1.54) is 11.1 Å². The van der Waals surface area contributed by atoms with Crippen LogP contribution in [0.4, 0.5) is 4.79 Å². The Morgan fingerprint density at radius 1 is 1.36 bits per heavy atom. The molecule has 0 spiro atoms. The monoisotopic (exact) mass is 363 g/mol. The molecule has 2 rings (SSSR count). The Morgan fingerprint density at radius 2 is 2.04 bits per heavy atom. The third-order valence-electron chi connectivity index (χ3n) is 4.40. The molecule has 1 aliphatic rings. The summed E-state index contributed by atoms with van der Waals surface area (Å²) in [5.74, 6) is 0.179. The zero-order valence-electron chi connectivity index (χ0n) is 15.8. The van der Waals surface area contributed by atoms with Crippen LogP contribution in [0, 0.1) is 6.92 Å². The summed E-state index contributed by atoms with van der Waals surface area (Å²) in [4.78, 5) is 28.4. The van der Waals surface area contributed by atoms with Crippen LogP contribution in [0.5, 0.6) is 0 Å². The molecule has 1 aliphatic heterocycles. The van der Waals surface area contributed by atoms with Crippen LogP contribution in [-0.2, 0) is 4.79 Å². The maximum absolute atomic E-state index is 12.8. The fraction of sp³-hybridized carbons (Fsp3) is 0.579. The molecular formula is C19H29N3O2S. The first-order valence-electron chi connectivity index (χ1n) is 8.88. The molecule has 0 aromatic heterocycles. The minimum atomic E-state index is -0.103. The Bertz CT molecular complexity index is 620. The smallest absolute Gasteiger partial charge is 0.317 e. The van der Waals surface area contributed by atoms with Crippen molar-refractivity contribution in [2.75, 3.05) is 20.1 Å². The van der Waals surface area contributed by atoms with Gasteiger partial charge in [-0.2, -0.15) is 0 Å². The number of hydrogen-bond acceptors (Lipinski definition) is 3. The second-order valence-corrected chi connectivity index (χ2v) is 8.09. The van der Waals surface area contributed by atoms with E-state index in [1.807, 2.05) is 30.9 Å². The number of thioether (sulfide) groups is 1. The van der Waals surface area contributed by atoms with Gasteiger partial charge in [0.2, 0.25) is 5.91 Å². The fourth-order valence-corrected chi connectivity index (χ4v) is 4.43. The van der Waals surface area contributed by atoms with Crippen LogP contribution in [-0.4, -0.2) is 53.2 Å². The van der Waals surface area contributed by atoms with Gasteiger partial charge < -0.3 is 15.1 Å². The van der Waals surface area contributed by atoms with E-state index in [0.29, 0.717) is 13.1 Å². The molecule has 1 heterocycles. The van der Waals surface area contributed by atoms with Crippen molar-refractivity contribution in [3.63, 3.8) is 0 Å². The van der Waals surface area contributed by atoms with Crippen molar-refractivity contribution in [2.24, 2.45) is 0 Å². The van der Waals surface area contributed by atoms with E-state index in [-0.39, 0.29) is 28.6 Å². The van der Waals surface area contributed by atoms with Crippen LogP contribution in [0.1, 0.15) is 43.7 Å². The molecule has 0 radical (unpaired) electrons. The number of amides is 3. The van der Waals surface area contributed by atoms with E-state index in [9.17, 15) is 9.59 Å². The van der Waals surface area contributed by atoms with Gasteiger partial charge in [0.05, 0.1) is 5.25 Å². The van der Waals surface area contributed by atoms with E-state index >= 15 is 0 Å². The quantitative estimate of drug-likeness (QED) is 0.843. The molecule has 1 fully saturated rings. The number of hydrogen-bond donors (Lipinski definition) is 1. The molecule has 0 aliphatic carbocycles. The number of likely N-dealkylation sites (N-methyl/N-ethyl adjacent to an activating group) is 1. The predicted octanol–water partition coefficient (Wildman–Crippen LogP) is 3.40. The molecular weight excluding hydrogens is 334 g/mol. The summed E-state index contributed by atoms with van der Waals surface area (Å²) in [7, 11) is 1.77. The van der Waals surface area contributed by atoms with Crippen LogP contribution in [0.2, 0.25) is 0 Å². The van der Waals surface area contributed by atoms with Gasteiger partial charge in [0, 0.05) is 26.2 Å². The molecule has 1 N–H and O–H groups in total. The molecule has 138 valence electrons. The molecule has 1 saturated heterocycles. The molecule has 3 amide bonds. The first-order valence-corrected chi connectivity index (χ1v) is 9.82. The zero-order chi connectivity index (χ0) is 18.6. The number of urea groups is 1. The highest BCUT2D eigenvalue weighted by Gasteiger charge is 2.40. The summed E-state index contributed by atoms with van der Waals surface area (Å²) in [6, 6.07) is 8.22. The van der Waals surface area contributed by atoms with Gasteiger partial charge in [0.25, 0.3) is 0 Å². The van der Waals surface area contributed by atoms with Gasteiger partial charge in [-0.1, -0.05) is 31.2 Å². The van der Waals surface area contributed by atoms with Gasteiger partial charge in [-0.25, -0.2) is 4.79 Å². The lowest BCUT2D eigenvalue weighted by atomic mass is 10.1. The maximum Gasteiger partial charge on any atom is 0.317 e. The van der Waals surface area contributed by atoms with Crippen LogP contribution in [0.15, 0.2) is 24.3 Å². The third kappa shape index (κ3) is 4.69. The maximum atomic E-state index is 12.8. The normalized spacial score (nSPS) is 20.2. The average Bonchev–Trinajstić information content (AvgIpc) is 2.88. The van der Waals surface area contributed by atoms with E-state index in [1.54, 1.807) is 23.7 Å². The van der Waals surface area contributed by atoms with Gasteiger partial charge in [-0.05, 0) is 38.3 Å². The Kier molecular flexibility index (Phi) is 6.76. The summed E-state index contributed by atoms with van der Waals surface area (Å²) < 4.78 is 0. The largest absolute Gasteiger partial charge is 0.336 e. The molecule has 1 aromatic carbocycles. The molecule has 25 heavy (non-hydrogen) atoms. The topological polar surface area (TPSA) is 52.6 Å². The van der Waals surface area contributed by atoms with E-state index in [4.69, 9.17) is 0 Å². The number of benzene rings is 1. The molecule has 6 heteroatoms. The highest BCUT2D eigenvalue weighted by Crippen LogP contribution is 2.44. The van der Waals surface area contributed by atoms with Crippen LogP contribution >= 0.6 is 11.8 Å².